The van der Waals surface area contributed by atoms with Crippen LogP contribution in [0.15, 0.2) is 64.6 Å². The van der Waals surface area contributed by atoms with Gasteiger partial charge >= 0.3 is 11.9 Å². The molecule has 8 nitrogen and oxygen atoms in total. The molecule has 0 aliphatic carbocycles. The second-order valence-corrected chi connectivity index (χ2v) is 8.42. The molecule has 0 radical (unpaired) electrons. The lowest BCUT2D eigenvalue weighted by Crippen LogP contribution is -2.13. The second kappa shape index (κ2) is 11.1. The van der Waals surface area contributed by atoms with E-state index in [1.807, 2.05) is 19.1 Å². The highest BCUT2D eigenvalue weighted by Crippen LogP contribution is 2.44. The summed E-state index contributed by atoms with van der Waals surface area (Å²) < 4.78 is 50.0. The molecule has 0 heterocycles. The van der Waals surface area contributed by atoms with Crippen LogP contribution >= 0.6 is 15.9 Å². The van der Waals surface area contributed by atoms with Crippen molar-refractivity contribution in [1.82, 2.24) is 0 Å². The van der Waals surface area contributed by atoms with Crippen molar-refractivity contribution in [2.75, 3.05) is 12.4 Å². The SMILES string of the molecule is COc1cc(/C=C(\C#N)C(=O)Nc2cccc(C)c2)cc(Br)c1Oc1ccc(C(F)(F)F)cc1[N+](=O)[O-]. The van der Waals surface area contributed by atoms with Crippen LogP contribution in [-0.2, 0) is 11.0 Å². The van der Waals surface area contributed by atoms with E-state index in [2.05, 4.69) is 21.2 Å². The first-order valence-corrected chi connectivity index (χ1v) is 11.1. The topological polar surface area (TPSA) is 114 Å². The molecule has 0 unspecified atom stereocenters. The lowest BCUT2D eigenvalue weighted by molar-refractivity contribution is -0.385. The minimum Gasteiger partial charge on any atom is -0.493 e. The molecule has 0 aliphatic rings. The third-order valence-electron chi connectivity index (χ3n) is 4.90. The molecule has 0 aromatic heterocycles. The molecule has 12 heteroatoms. The van der Waals surface area contributed by atoms with Gasteiger partial charge in [0.25, 0.3) is 5.91 Å². The zero-order valence-corrected chi connectivity index (χ0v) is 20.8. The van der Waals surface area contributed by atoms with E-state index in [4.69, 9.17) is 9.47 Å². The number of nitro groups is 1. The third kappa shape index (κ3) is 6.65. The summed E-state index contributed by atoms with van der Waals surface area (Å²) in [5.74, 6) is -1.13. The highest BCUT2D eigenvalue weighted by atomic mass is 79.9. The van der Waals surface area contributed by atoms with Gasteiger partial charge in [-0.05, 0) is 76.5 Å². The predicted molar refractivity (Wildman–Crippen MR) is 132 cm³/mol. The van der Waals surface area contributed by atoms with Crippen LogP contribution in [0.5, 0.6) is 17.2 Å². The zero-order valence-electron chi connectivity index (χ0n) is 19.2. The van der Waals surface area contributed by atoms with Crippen LogP contribution in [0.2, 0.25) is 0 Å². The van der Waals surface area contributed by atoms with Crippen molar-refractivity contribution >= 4 is 39.3 Å². The Hall–Kier alpha value is -4.37. The fourth-order valence-electron chi connectivity index (χ4n) is 3.19. The molecule has 0 atom stereocenters. The van der Waals surface area contributed by atoms with Gasteiger partial charge in [-0.1, -0.05) is 12.1 Å². The number of alkyl halides is 3. The third-order valence-corrected chi connectivity index (χ3v) is 5.49. The fourth-order valence-corrected chi connectivity index (χ4v) is 3.73. The van der Waals surface area contributed by atoms with E-state index in [9.17, 15) is 33.3 Å². The maximum atomic E-state index is 13.0. The van der Waals surface area contributed by atoms with Crippen molar-refractivity contribution in [3.8, 4) is 23.3 Å². The highest BCUT2D eigenvalue weighted by Gasteiger charge is 2.33. The Morgan fingerprint density at radius 1 is 1.16 bits per heavy atom. The molecular weight excluding hydrogens is 559 g/mol. The summed E-state index contributed by atoms with van der Waals surface area (Å²) in [7, 11) is 1.28. The predicted octanol–water partition coefficient (Wildman–Crippen LogP) is 7.03. The van der Waals surface area contributed by atoms with Crippen molar-refractivity contribution in [3.05, 3.63) is 91.4 Å². The van der Waals surface area contributed by atoms with Gasteiger partial charge in [-0.25, -0.2) is 0 Å². The Kier molecular flexibility index (Phi) is 8.19. The van der Waals surface area contributed by atoms with Gasteiger partial charge in [-0.3, -0.25) is 14.9 Å². The Morgan fingerprint density at radius 2 is 1.89 bits per heavy atom. The molecular formula is C25H17BrF3N3O5. The number of ether oxygens (including phenoxy) is 2. The molecule has 0 bridgehead atoms. The summed E-state index contributed by atoms with van der Waals surface area (Å²) in [6.07, 6.45) is -3.48. The molecule has 190 valence electrons. The lowest BCUT2D eigenvalue weighted by Gasteiger charge is -2.14. The second-order valence-electron chi connectivity index (χ2n) is 7.57. The Balaban J connectivity index is 1.95. The van der Waals surface area contributed by atoms with Crippen LogP contribution in [0.25, 0.3) is 6.08 Å². The number of nitro benzene ring substituents is 1. The number of amides is 1. The van der Waals surface area contributed by atoms with Crippen LogP contribution in [0.1, 0.15) is 16.7 Å². The summed E-state index contributed by atoms with van der Waals surface area (Å²) in [5, 5.41) is 23.5. The van der Waals surface area contributed by atoms with Crippen molar-refractivity contribution in [2.45, 2.75) is 13.1 Å². The average Bonchev–Trinajstić information content (AvgIpc) is 2.83. The average molecular weight is 576 g/mol. The van der Waals surface area contributed by atoms with E-state index < -0.39 is 34.0 Å². The number of hydrogen-bond donors (Lipinski definition) is 1. The first-order chi connectivity index (χ1) is 17.4. The molecule has 0 spiro atoms. The van der Waals surface area contributed by atoms with Crippen LogP contribution in [0.4, 0.5) is 24.5 Å². The summed E-state index contributed by atoms with van der Waals surface area (Å²) in [5.41, 5.74) is -0.556. The van der Waals surface area contributed by atoms with Crippen LogP contribution < -0.4 is 14.8 Å². The molecule has 1 N–H and O–H groups in total. The largest absolute Gasteiger partial charge is 0.493 e. The van der Waals surface area contributed by atoms with E-state index in [1.165, 1.54) is 25.3 Å². The number of nitrogens with zero attached hydrogens (tertiary/aromatic N) is 2. The monoisotopic (exact) mass is 575 g/mol. The van der Waals surface area contributed by atoms with Crippen molar-refractivity contribution in [1.29, 1.82) is 5.26 Å². The number of methoxy groups -OCH3 is 1. The fraction of sp³-hybridized carbons (Fsp3) is 0.120. The number of aryl methyl sites for hydroxylation is 1. The smallest absolute Gasteiger partial charge is 0.416 e. The number of hydrogen-bond acceptors (Lipinski definition) is 6. The number of carbonyl (C=O) groups is 1. The normalized spacial score (nSPS) is 11.4. The van der Waals surface area contributed by atoms with Crippen molar-refractivity contribution in [3.63, 3.8) is 0 Å². The Labute approximate surface area is 217 Å². The maximum absolute atomic E-state index is 13.0. The quantitative estimate of drug-likeness (QED) is 0.140. The van der Waals surface area contributed by atoms with Crippen molar-refractivity contribution in [2.24, 2.45) is 0 Å². The van der Waals surface area contributed by atoms with Gasteiger partial charge in [0.15, 0.2) is 11.5 Å². The van der Waals surface area contributed by atoms with Gasteiger partial charge < -0.3 is 14.8 Å². The zero-order chi connectivity index (χ0) is 27.3. The number of carbonyl (C=O) groups excluding carboxylic acids is 1. The Morgan fingerprint density at radius 3 is 2.49 bits per heavy atom. The van der Waals surface area contributed by atoms with E-state index in [0.717, 1.165) is 11.6 Å². The molecule has 0 saturated heterocycles. The van der Waals surface area contributed by atoms with E-state index >= 15 is 0 Å². The molecule has 37 heavy (non-hydrogen) atoms. The van der Waals surface area contributed by atoms with Crippen LogP contribution in [0, 0.1) is 28.4 Å². The van der Waals surface area contributed by atoms with Gasteiger partial charge in [0.2, 0.25) is 5.75 Å². The summed E-state index contributed by atoms with van der Waals surface area (Å²) in [4.78, 5) is 23.0. The van der Waals surface area contributed by atoms with Gasteiger partial charge in [-0.15, -0.1) is 0 Å². The van der Waals surface area contributed by atoms with Crippen LogP contribution in [0.3, 0.4) is 0 Å². The standard InChI is InChI=1S/C25H17BrF3N3O5/c1-14-4-3-5-18(8-14)31-24(33)16(13-30)9-15-10-19(26)23(22(11-15)36-2)37-21-7-6-17(25(27,28)29)12-20(21)32(34)35/h3-12H,1-2H3,(H,31,33)/b16-9+. The number of rotatable bonds is 7. The molecule has 0 fully saturated rings. The summed E-state index contributed by atoms with van der Waals surface area (Å²) in [6, 6.07) is 13.6. The number of anilines is 1. The number of benzene rings is 3. The van der Waals surface area contributed by atoms with E-state index in [1.54, 1.807) is 18.2 Å². The minimum absolute atomic E-state index is 0.0335. The molecule has 3 aromatic carbocycles. The van der Waals surface area contributed by atoms with Gasteiger partial charge in [0, 0.05) is 11.8 Å². The lowest BCUT2D eigenvalue weighted by atomic mass is 10.1. The van der Waals surface area contributed by atoms with Gasteiger partial charge in [-0.2, -0.15) is 18.4 Å². The number of nitrogens with one attached hydrogen (secondary N) is 1. The first-order valence-electron chi connectivity index (χ1n) is 10.3. The van der Waals surface area contributed by atoms with Crippen LogP contribution in [-0.4, -0.2) is 17.9 Å². The van der Waals surface area contributed by atoms with E-state index in [-0.39, 0.29) is 21.5 Å². The van der Waals surface area contributed by atoms with Gasteiger partial charge in [0.1, 0.15) is 11.6 Å². The highest BCUT2D eigenvalue weighted by molar-refractivity contribution is 9.10. The molecule has 3 aromatic rings. The molecule has 3 rings (SSSR count). The van der Waals surface area contributed by atoms with Crippen molar-refractivity contribution < 1.29 is 32.4 Å². The minimum atomic E-state index is -4.78. The molecule has 0 saturated carbocycles. The van der Waals surface area contributed by atoms with Gasteiger partial charge in [0.05, 0.1) is 22.1 Å². The Bertz CT molecular complexity index is 1450. The molecule has 1 amide bonds. The number of nitriles is 1. The number of halogens is 4. The molecule has 0 aliphatic heterocycles. The maximum Gasteiger partial charge on any atom is 0.416 e. The van der Waals surface area contributed by atoms with E-state index in [0.29, 0.717) is 23.4 Å². The summed E-state index contributed by atoms with van der Waals surface area (Å²) >= 11 is 3.25. The summed E-state index contributed by atoms with van der Waals surface area (Å²) in [6.45, 7) is 1.85. The first kappa shape index (κ1) is 27.2.